The van der Waals surface area contributed by atoms with Crippen molar-refractivity contribution in [3.8, 4) is 0 Å². The third-order valence-corrected chi connectivity index (χ3v) is 6.24. The van der Waals surface area contributed by atoms with Gasteiger partial charge in [-0.05, 0) is 61.9 Å². The van der Waals surface area contributed by atoms with Gasteiger partial charge in [0.1, 0.15) is 5.82 Å². The molecule has 8 heteroatoms. The van der Waals surface area contributed by atoms with Crippen LogP contribution in [-0.4, -0.2) is 14.3 Å². The van der Waals surface area contributed by atoms with Crippen molar-refractivity contribution in [2.24, 2.45) is 0 Å². The first-order valence-electron chi connectivity index (χ1n) is 9.11. The van der Waals surface area contributed by atoms with Gasteiger partial charge in [-0.25, -0.2) is 12.8 Å². The number of benzene rings is 3. The van der Waals surface area contributed by atoms with Crippen molar-refractivity contribution in [1.29, 1.82) is 0 Å². The summed E-state index contributed by atoms with van der Waals surface area (Å²) in [5.74, 6) is -0.845. The molecule has 0 unspecified atom stereocenters. The van der Waals surface area contributed by atoms with Crippen LogP contribution in [0.4, 0.5) is 10.1 Å². The van der Waals surface area contributed by atoms with Crippen molar-refractivity contribution in [3.63, 3.8) is 0 Å². The Bertz CT molecular complexity index is 1160. The summed E-state index contributed by atoms with van der Waals surface area (Å²) in [6.45, 7) is 3.61. The number of hydrogen-bond donors (Lipinski definition) is 2. The van der Waals surface area contributed by atoms with E-state index >= 15 is 0 Å². The molecule has 0 aromatic heterocycles. The van der Waals surface area contributed by atoms with E-state index in [1.54, 1.807) is 31.2 Å². The average Bonchev–Trinajstić information content (AvgIpc) is 2.70. The lowest BCUT2D eigenvalue weighted by Crippen LogP contribution is -2.27. The zero-order chi connectivity index (χ0) is 21.9. The summed E-state index contributed by atoms with van der Waals surface area (Å²) in [6, 6.07) is 16.1. The number of sulfonamides is 1. The Morgan fingerprint density at radius 3 is 2.27 bits per heavy atom. The maximum atomic E-state index is 13.1. The molecule has 0 spiro atoms. The van der Waals surface area contributed by atoms with Gasteiger partial charge in [0.05, 0.1) is 21.5 Å². The van der Waals surface area contributed by atoms with Gasteiger partial charge in [-0.2, -0.15) is 0 Å². The molecule has 1 atom stereocenters. The van der Waals surface area contributed by atoms with Crippen molar-refractivity contribution in [3.05, 3.63) is 94.3 Å². The molecule has 0 radical (unpaired) electrons. The molecule has 0 saturated carbocycles. The molecular weight excluding hydrogens is 427 g/mol. The first-order chi connectivity index (χ1) is 14.2. The fourth-order valence-electron chi connectivity index (χ4n) is 2.80. The van der Waals surface area contributed by atoms with Gasteiger partial charge in [-0.1, -0.05) is 41.4 Å². The molecule has 0 aliphatic rings. The van der Waals surface area contributed by atoms with Crippen LogP contribution >= 0.6 is 11.6 Å². The lowest BCUT2D eigenvalue weighted by Gasteiger charge is -2.16. The Kier molecular flexibility index (Phi) is 6.43. The number of halogens is 2. The SMILES string of the molecule is Cc1ccc(S(=O)(=O)Nc2ccc(Cl)c(C(=O)N[C@@H](C)c3ccc(F)cc3)c2)cc1. The van der Waals surface area contributed by atoms with Crippen molar-refractivity contribution in [2.45, 2.75) is 24.8 Å². The number of aryl methyl sites for hydroxylation is 1. The van der Waals surface area contributed by atoms with Gasteiger partial charge in [0, 0.05) is 5.69 Å². The Labute approximate surface area is 179 Å². The van der Waals surface area contributed by atoms with E-state index < -0.39 is 22.0 Å². The van der Waals surface area contributed by atoms with Crippen LogP contribution in [0.2, 0.25) is 5.02 Å². The molecule has 0 aliphatic carbocycles. The van der Waals surface area contributed by atoms with Gasteiger partial charge in [-0.3, -0.25) is 9.52 Å². The minimum absolute atomic E-state index is 0.110. The molecule has 0 saturated heterocycles. The van der Waals surface area contributed by atoms with Gasteiger partial charge in [0.2, 0.25) is 0 Å². The number of hydrogen-bond acceptors (Lipinski definition) is 3. The monoisotopic (exact) mass is 446 g/mol. The normalized spacial score (nSPS) is 12.3. The third kappa shape index (κ3) is 5.17. The molecule has 0 bridgehead atoms. The number of carbonyl (C=O) groups excluding carboxylic acids is 1. The van der Waals surface area contributed by atoms with E-state index in [0.717, 1.165) is 11.1 Å². The minimum Gasteiger partial charge on any atom is -0.345 e. The second-order valence-corrected chi connectivity index (χ2v) is 8.95. The van der Waals surface area contributed by atoms with E-state index in [1.165, 1.54) is 42.5 Å². The second-order valence-electron chi connectivity index (χ2n) is 6.86. The quantitative estimate of drug-likeness (QED) is 0.554. The van der Waals surface area contributed by atoms with E-state index in [-0.39, 0.29) is 27.0 Å². The Morgan fingerprint density at radius 1 is 1.00 bits per heavy atom. The van der Waals surface area contributed by atoms with Crippen LogP contribution in [0.15, 0.2) is 71.6 Å². The summed E-state index contributed by atoms with van der Waals surface area (Å²) in [6.07, 6.45) is 0. The highest BCUT2D eigenvalue weighted by Crippen LogP contribution is 2.24. The third-order valence-electron chi connectivity index (χ3n) is 4.51. The first-order valence-corrected chi connectivity index (χ1v) is 11.0. The molecule has 3 aromatic carbocycles. The van der Waals surface area contributed by atoms with Crippen LogP contribution < -0.4 is 10.0 Å². The molecule has 156 valence electrons. The van der Waals surface area contributed by atoms with Crippen molar-refractivity contribution >= 4 is 33.2 Å². The molecule has 3 rings (SSSR count). The van der Waals surface area contributed by atoms with Crippen LogP contribution in [0.1, 0.15) is 34.5 Å². The summed E-state index contributed by atoms with van der Waals surface area (Å²) in [7, 11) is -3.82. The van der Waals surface area contributed by atoms with Gasteiger partial charge < -0.3 is 5.32 Å². The van der Waals surface area contributed by atoms with Crippen molar-refractivity contribution in [2.75, 3.05) is 4.72 Å². The zero-order valence-corrected chi connectivity index (χ0v) is 17.9. The second kappa shape index (κ2) is 8.85. The minimum atomic E-state index is -3.82. The van der Waals surface area contributed by atoms with E-state index in [2.05, 4.69) is 10.0 Å². The van der Waals surface area contributed by atoms with Crippen molar-refractivity contribution in [1.82, 2.24) is 5.32 Å². The van der Waals surface area contributed by atoms with E-state index in [4.69, 9.17) is 11.6 Å². The lowest BCUT2D eigenvalue weighted by atomic mass is 10.1. The van der Waals surface area contributed by atoms with Gasteiger partial charge in [0.15, 0.2) is 0 Å². The molecule has 0 fully saturated rings. The highest BCUT2D eigenvalue weighted by molar-refractivity contribution is 7.92. The molecule has 3 aromatic rings. The topological polar surface area (TPSA) is 75.3 Å². The Morgan fingerprint density at radius 2 is 1.63 bits per heavy atom. The van der Waals surface area contributed by atoms with Crippen molar-refractivity contribution < 1.29 is 17.6 Å². The number of carbonyl (C=O) groups is 1. The van der Waals surface area contributed by atoms with E-state index in [0.29, 0.717) is 0 Å². The Balaban J connectivity index is 1.79. The predicted molar refractivity (Wildman–Crippen MR) is 116 cm³/mol. The molecular formula is C22H20ClFN2O3S. The van der Waals surface area contributed by atoms with E-state index in [1.807, 2.05) is 6.92 Å². The molecule has 0 aliphatic heterocycles. The maximum Gasteiger partial charge on any atom is 0.261 e. The fraction of sp³-hybridized carbons (Fsp3) is 0.136. The fourth-order valence-corrected chi connectivity index (χ4v) is 4.06. The number of anilines is 1. The van der Waals surface area contributed by atoms with Gasteiger partial charge in [0.25, 0.3) is 15.9 Å². The zero-order valence-electron chi connectivity index (χ0n) is 16.3. The lowest BCUT2D eigenvalue weighted by molar-refractivity contribution is 0.0940. The molecule has 30 heavy (non-hydrogen) atoms. The molecule has 2 N–H and O–H groups in total. The molecule has 0 heterocycles. The average molecular weight is 447 g/mol. The highest BCUT2D eigenvalue weighted by atomic mass is 35.5. The summed E-state index contributed by atoms with van der Waals surface area (Å²) >= 11 is 6.16. The predicted octanol–water partition coefficient (Wildman–Crippen LogP) is 5.08. The molecule has 1 amide bonds. The number of rotatable bonds is 6. The Hall–Kier alpha value is -2.90. The number of amides is 1. The van der Waals surface area contributed by atoms with E-state index in [9.17, 15) is 17.6 Å². The first kappa shape index (κ1) is 21.8. The smallest absolute Gasteiger partial charge is 0.261 e. The largest absolute Gasteiger partial charge is 0.345 e. The maximum absolute atomic E-state index is 13.1. The highest BCUT2D eigenvalue weighted by Gasteiger charge is 2.18. The van der Waals surface area contributed by atoms with Gasteiger partial charge in [-0.15, -0.1) is 0 Å². The van der Waals surface area contributed by atoms with Crippen LogP contribution in [0.5, 0.6) is 0 Å². The van der Waals surface area contributed by atoms with Crippen LogP contribution in [-0.2, 0) is 10.0 Å². The number of nitrogens with one attached hydrogen (secondary N) is 2. The molecule has 5 nitrogen and oxygen atoms in total. The van der Waals surface area contributed by atoms with Crippen LogP contribution in [0, 0.1) is 12.7 Å². The summed E-state index contributed by atoms with van der Waals surface area (Å²) in [5, 5.41) is 2.96. The summed E-state index contributed by atoms with van der Waals surface area (Å²) in [4.78, 5) is 12.8. The summed E-state index contributed by atoms with van der Waals surface area (Å²) < 4.78 is 40.7. The van der Waals surface area contributed by atoms with Crippen LogP contribution in [0.3, 0.4) is 0 Å². The van der Waals surface area contributed by atoms with Crippen LogP contribution in [0.25, 0.3) is 0 Å². The van der Waals surface area contributed by atoms with Gasteiger partial charge >= 0.3 is 0 Å². The summed E-state index contributed by atoms with van der Waals surface area (Å²) in [5.41, 5.74) is 1.99. The standard InChI is InChI=1S/C22H20ClFN2O3S/c1-14-3-10-19(11-4-14)30(28,29)26-18-9-12-21(23)20(13-18)22(27)25-15(2)16-5-7-17(24)8-6-16/h3-13,15,26H,1-2H3,(H,25,27)/t15-/m0/s1.